The van der Waals surface area contributed by atoms with E-state index in [9.17, 15) is 4.79 Å². The number of rotatable bonds is 7. The third-order valence-corrected chi connectivity index (χ3v) is 4.48. The second-order valence-electron chi connectivity index (χ2n) is 6.33. The molecule has 1 fully saturated rings. The molecule has 0 unspecified atom stereocenters. The number of aromatic nitrogens is 1. The van der Waals surface area contributed by atoms with Crippen LogP contribution in [0.25, 0.3) is 0 Å². The van der Waals surface area contributed by atoms with Crippen LogP contribution in [0.1, 0.15) is 27.4 Å². The fourth-order valence-electron chi connectivity index (χ4n) is 2.84. The number of hydrogen-bond donors (Lipinski definition) is 1. The Morgan fingerprint density at radius 3 is 2.85 bits per heavy atom. The highest BCUT2D eigenvalue weighted by Crippen LogP contribution is 2.18. The van der Waals surface area contributed by atoms with Gasteiger partial charge in [-0.25, -0.2) is 0 Å². The number of amides is 1. The van der Waals surface area contributed by atoms with E-state index in [0.29, 0.717) is 24.5 Å². The molecule has 1 saturated heterocycles. The highest BCUT2D eigenvalue weighted by atomic mass is 16.5. The van der Waals surface area contributed by atoms with Crippen molar-refractivity contribution in [3.05, 3.63) is 46.8 Å². The molecule has 7 nitrogen and oxygen atoms in total. The number of nitrogens with one attached hydrogen (secondary N) is 1. The maximum Gasteiger partial charge on any atom is 0.251 e. The zero-order valence-electron chi connectivity index (χ0n) is 15.3. The van der Waals surface area contributed by atoms with Crippen LogP contribution >= 0.6 is 0 Å². The predicted molar refractivity (Wildman–Crippen MR) is 96.3 cm³/mol. The Balaban J connectivity index is 1.50. The largest absolute Gasteiger partial charge is 0.489 e. The van der Waals surface area contributed by atoms with Gasteiger partial charge in [-0.1, -0.05) is 11.2 Å². The molecule has 1 aromatic carbocycles. The van der Waals surface area contributed by atoms with Crippen molar-refractivity contribution in [3.8, 4) is 5.75 Å². The maximum absolute atomic E-state index is 12.3. The average Bonchev–Trinajstić information content (AvgIpc) is 2.99. The Labute approximate surface area is 153 Å². The molecule has 0 atom stereocenters. The van der Waals surface area contributed by atoms with Crippen LogP contribution in [0.5, 0.6) is 5.75 Å². The van der Waals surface area contributed by atoms with Gasteiger partial charge in [0, 0.05) is 31.7 Å². The van der Waals surface area contributed by atoms with Gasteiger partial charge in [-0.2, -0.15) is 0 Å². The number of aryl methyl sites for hydroxylation is 2. The Morgan fingerprint density at radius 2 is 2.12 bits per heavy atom. The van der Waals surface area contributed by atoms with Crippen LogP contribution in [-0.4, -0.2) is 55.4 Å². The van der Waals surface area contributed by atoms with Crippen molar-refractivity contribution in [1.82, 2.24) is 15.4 Å². The lowest BCUT2D eigenvalue weighted by molar-refractivity contribution is 0.0383. The SMILES string of the molecule is Cc1noc(C)c1COc1cccc(C(=O)NCCN2CCOCC2)c1. The molecule has 2 aromatic rings. The lowest BCUT2D eigenvalue weighted by atomic mass is 10.2. The molecule has 140 valence electrons. The Bertz CT molecular complexity index is 719. The normalized spacial score (nSPS) is 15.0. The maximum atomic E-state index is 12.3. The highest BCUT2D eigenvalue weighted by molar-refractivity contribution is 5.94. The Morgan fingerprint density at radius 1 is 1.31 bits per heavy atom. The van der Waals surface area contributed by atoms with Crippen molar-refractivity contribution >= 4 is 5.91 Å². The smallest absolute Gasteiger partial charge is 0.251 e. The van der Waals surface area contributed by atoms with Gasteiger partial charge >= 0.3 is 0 Å². The van der Waals surface area contributed by atoms with Gasteiger partial charge in [-0.05, 0) is 32.0 Å². The molecule has 0 bridgehead atoms. The van der Waals surface area contributed by atoms with Crippen molar-refractivity contribution in [3.63, 3.8) is 0 Å². The summed E-state index contributed by atoms with van der Waals surface area (Å²) < 4.78 is 16.3. The molecule has 2 heterocycles. The van der Waals surface area contributed by atoms with E-state index >= 15 is 0 Å². The summed E-state index contributed by atoms with van der Waals surface area (Å²) in [6.07, 6.45) is 0. The number of carbonyl (C=O) groups excluding carboxylic acids is 1. The van der Waals surface area contributed by atoms with Gasteiger partial charge in [0.2, 0.25) is 0 Å². The number of ether oxygens (including phenoxy) is 2. The van der Waals surface area contributed by atoms with Crippen LogP contribution in [0.3, 0.4) is 0 Å². The van der Waals surface area contributed by atoms with Crippen molar-refractivity contribution in [2.45, 2.75) is 20.5 Å². The second-order valence-corrected chi connectivity index (χ2v) is 6.33. The molecule has 1 aliphatic heterocycles. The van der Waals surface area contributed by atoms with Crippen LogP contribution in [-0.2, 0) is 11.3 Å². The van der Waals surface area contributed by atoms with Gasteiger partial charge in [-0.15, -0.1) is 0 Å². The van der Waals surface area contributed by atoms with Crippen LogP contribution in [0, 0.1) is 13.8 Å². The predicted octanol–water partition coefficient (Wildman–Crippen LogP) is 1.93. The summed E-state index contributed by atoms with van der Waals surface area (Å²) in [5, 5.41) is 6.87. The highest BCUT2D eigenvalue weighted by Gasteiger charge is 2.12. The molecule has 0 saturated carbocycles. The van der Waals surface area contributed by atoms with E-state index in [-0.39, 0.29) is 5.91 Å². The van der Waals surface area contributed by atoms with E-state index in [4.69, 9.17) is 14.0 Å². The van der Waals surface area contributed by atoms with Crippen molar-refractivity contribution in [2.24, 2.45) is 0 Å². The standard InChI is InChI=1S/C19H25N3O4/c1-14-18(15(2)26-21-14)13-25-17-5-3-4-16(12-17)19(23)20-6-7-22-8-10-24-11-9-22/h3-5,12H,6-11,13H2,1-2H3,(H,20,23). The molecule has 3 rings (SSSR count). The molecule has 1 aromatic heterocycles. The summed E-state index contributed by atoms with van der Waals surface area (Å²) in [7, 11) is 0. The van der Waals surface area contributed by atoms with E-state index in [2.05, 4.69) is 15.4 Å². The zero-order chi connectivity index (χ0) is 18.4. The molecule has 1 amide bonds. The summed E-state index contributed by atoms with van der Waals surface area (Å²) in [5.74, 6) is 1.30. The minimum atomic E-state index is -0.0963. The first-order chi connectivity index (χ1) is 12.6. The monoisotopic (exact) mass is 359 g/mol. The van der Waals surface area contributed by atoms with Crippen LogP contribution < -0.4 is 10.1 Å². The van der Waals surface area contributed by atoms with Gasteiger partial charge in [0.25, 0.3) is 5.91 Å². The lowest BCUT2D eigenvalue weighted by Gasteiger charge is -2.26. The van der Waals surface area contributed by atoms with Crippen molar-refractivity contribution in [2.75, 3.05) is 39.4 Å². The molecule has 0 radical (unpaired) electrons. The summed E-state index contributed by atoms with van der Waals surface area (Å²) in [5.41, 5.74) is 2.34. The first-order valence-electron chi connectivity index (χ1n) is 8.86. The minimum Gasteiger partial charge on any atom is -0.489 e. The molecule has 1 aliphatic rings. The number of carbonyl (C=O) groups is 1. The average molecular weight is 359 g/mol. The van der Waals surface area contributed by atoms with Gasteiger partial charge < -0.3 is 19.3 Å². The Kier molecular flexibility index (Phi) is 6.25. The third kappa shape index (κ3) is 4.83. The van der Waals surface area contributed by atoms with Crippen molar-refractivity contribution in [1.29, 1.82) is 0 Å². The Hall–Kier alpha value is -2.38. The van der Waals surface area contributed by atoms with E-state index < -0.39 is 0 Å². The van der Waals surface area contributed by atoms with Crippen molar-refractivity contribution < 1.29 is 18.8 Å². The zero-order valence-corrected chi connectivity index (χ0v) is 15.3. The minimum absolute atomic E-state index is 0.0963. The molecular weight excluding hydrogens is 334 g/mol. The third-order valence-electron chi connectivity index (χ3n) is 4.48. The first-order valence-corrected chi connectivity index (χ1v) is 8.86. The van der Waals surface area contributed by atoms with E-state index in [1.807, 2.05) is 26.0 Å². The van der Waals surface area contributed by atoms with Gasteiger partial charge in [-0.3, -0.25) is 9.69 Å². The topological polar surface area (TPSA) is 76.8 Å². The fraction of sp³-hybridized carbons (Fsp3) is 0.474. The molecule has 0 aliphatic carbocycles. The van der Waals surface area contributed by atoms with E-state index in [1.165, 1.54) is 0 Å². The van der Waals surface area contributed by atoms with Crippen LogP contribution in [0.4, 0.5) is 0 Å². The van der Waals surface area contributed by atoms with Gasteiger partial charge in [0.15, 0.2) is 0 Å². The van der Waals surface area contributed by atoms with Gasteiger partial charge in [0.05, 0.1) is 24.5 Å². The number of nitrogens with zero attached hydrogens (tertiary/aromatic N) is 2. The fourth-order valence-corrected chi connectivity index (χ4v) is 2.84. The van der Waals surface area contributed by atoms with Crippen LogP contribution in [0.15, 0.2) is 28.8 Å². The molecular formula is C19H25N3O4. The number of morpholine rings is 1. The second kappa shape index (κ2) is 8.82. The summed E-state index contributed by atoms with van der Waals surface area (Å²) in [6, 6.07) is 7.19. The number of hydrogen-bond acceptors (Lipinski definition) is 6. The van der Waals surface area contributed by atoms with E-state index in [1.54, 1.807) is 12.1 Å². The molecule has 7 heteroatoms. The number of benzene rings is 1. The summed E-state index contributed by atoms with van der Waals surface area (Å²) >= 11 is 0. The summed E-state index contributed by atoms with van der Waals surface area (Å²) in [4.78, 5) is 14.6. The quantitative estimate of drug-likeness (QED) is 0.814. The lowest BCUT2D eigenvalue weighted by Crippen LogP contribution is -2.41. The van der Waals surface area contributed by atoms with Crippen LogP contribution in [0.2, 0.25) is 0 Å². The van der Waals surface area contributed by atoms with E-state index in [0.717, 1.165) is 49.9 Å². The molecule has 1 N–H and O–H groups in total. The summed E-state index contributed by atoms with van der Waals surface area (Å²) in [6.45, 7) is 8.91. The molecule has 0 spiro atoms. The first kappa shape index (κ1) is 18.4. The molecule has 26 heavy (non-hydrogen) atoms. The van der Waals surface area contributed by atoms with Gasteiger partial charge in [0.1, 0.15) is 18.1 Å².